The van der Waals surface area contributed by atoms with Crippen LogP contribution in [0.3, 0.4) is 0 Å². The number of nitrogens with zero attached hydrogens (tertiary/aromatic N) is 3. The minimum absolute atomic E-state index is 0.0310. The van der Waals surface area contributed by atoms with Crippen LogP contribution in [0.15, 0.2) is 36.7 Å². The van der Waals surface area contributed by atoms with Crippen LogP contribution in [-0.4, -0.2) is 40.3 Å². The third kappa shape index (κ3) is 3.92. The SMILES string of the molecule is Cn1cc(C2CCN(C(=O)COCc3ccccc3Cl)C2)cn1. The molecule has 5 nitrogen and oxygen atoms in total. The van der Waals surface area contributed by atoms with Gasteiger partial charge in [0.25, 0.3) is 0 Å². The number of hydrogen-bond acceptors (Lipinski definition) is 3. The number of likely N-dealkylation sites (tertiary alicyclic amines) is 1. The molecule has 0 bridgehead atoms. The van der Waals surface area contributed by atoms with Crippen molar-refractivity contribution in [1.29, 1.82) is 0 Å². The number of benzene rings is 1. The van der Waals surface area contributed by atoms with E-state index in [0.29, 0.717) is 17.5 Å². The van der Waals surface area contributed by atoms with Gasteiger partial charge in [-0.05, 0) is 23.6 Å². The summed E-state index contributed by atoms with van der Waals surface area (Å²) < 4.78 is 7.33. The number of carbonyl (C=O) groups excluding carboxylic acids is 1. The lowest BCUT2D eigenvalue weighted by Crippen LogP contribution is -2.31. The van der Waals surface area contributed by atoms with E-state index in [1.54, 1.807) is 4.68 Å². The molecule has 0 saturated carbocycles. The summed E-state index contributed by atoms with van der Waals surface area (Å²) in [5, 5.41) is 4.86. The number of halogens is 1. The van der Waals surface area contributed by atoms with Gasteiger partial charge in [-0.2, -0.15) is 5.10 Å². The van der Waals surface area contributed by atoms with Gasteiger partial charge in [-0.15, -0.1) is 0 Å². The van der Waals surface area contributed by atoms with Crippen LogP contribution in [-0.2, 0) is 23.2 Å². The van der Waals surface area contributed by atoms with E-state index < -0.39 is 0 Å². The minimum atomic E-state index is 0.0310. The van der Waals surface area contributed by atoms with Gasteiger partial charge in [0.05, 0.1) is 12.8 Å². The van der Waals surface area contributed by atoms with Crippen molar-refractivity contribution in [3.63, 3.8) is 0 Å². The van der Waals surface area contributed by atoms with Crippen molar-refractivity contribution in [3.05, 3.63) is 52.8 Å². The van der Waals surface area contributed by atoms with E-state index in [4.69, 9.17) is 16.3 Å². The van der Waals surface area contributed by atoms with E-state index in [0.717, 1.165) is 25.1 Å². The Kier molecular flexibility index (Phi) is 4.98. The van der Waals surface area contributed by atoms with Gasteiger partial charge < -0.3 is 9.64 Å². The van der Waals surface area contributed by atoms with E-state index in [1.807, 2.05) is 48.6 Å². The summed E-state index contributed by atoms with van der Waals surface area (Å²) in [6, 6.07) is 7.51. The monoisotopic (exact) mass is 333 g/mol. The van der Waals surface area contributed by atoms with E-state index >= 15 is 0 Å². The fourth-order valence-electron chi connectivity index (χ4n) is 2.86. The van der Waals surface area contributed by atoms with Crippen LogP contribution in [0.25, 0.3) is 0 Å². The number of amides is 1. The van der Waals surface area contributed by atoms with Crippen molar-refractivity contribution in [2.75, 3.05) is 19.7 Å². The molecule has 1 aromatic heterocycles. The quantitative estimate of drug-likeness (QED) is 0.845. The summed E-state index contributed by atoms with van der Waals surface area (Å²) in [6.07, 6.45) is 4.88. The predicted molar refractivity (Wildman–Crippen MR) is 88.3 cm³/mol. The second kappa shape index (κ2) is 7.15. The van der Waals surface area contributed by atoms with E-state index in [9.17, 15) is 4.79 Å². The molecule has 1 fully saturated rings. The maximum absolute atomic E-state index is 12.2. The third-order valence-electron chi connectivity index (χ3n) is 4.18. The van der Waals surface area contributed by atoms with Gasteiger partial charge >= 0.3 is 0 Å². The Labute approximate surface area is 140 Å². The molecule has 6 heteroatoms. The highest BCUT2D eigenvalue weighted by Gasteiger charge is 2.27. The Morgan fingerprint density at radius 1 is 1.43 bits per heavy atom. The first-order valence-corrected chi connectivity index (χ1v) is 8.09. The van der Waals surface area contributed by atoms with Gasteiger partial charge in [0.1, 0.15) is 6.61 Å². The highest BCUT2D eigenvalue weighted by Crippen LogP contribution is 2.26. The number of rotatable bonds is 5. The van der Waals surface area contributed by atoms with E-state index in [2.05, 4.69) is 5.10 Å². The summed E-state index contributed by atoms with van der Waals surface area (Å²) >= 11 is 6.07. The maximum atomic E-state index is 12.2. The molecule has 1 atom stereocenters. The predicted octanol–water partition coefficient (Wildman–Crippen LogP) is 2.61. The average molecular weight is 334 g/mol. The molecular weight excluding hydrogens is 314 g/mol. The smallest absolute Gasteiger partial charge is 0.248 e. The first-order valence-electron chi connectivity index (χ1n) is 7.71. The standard InChI is InChI=1S/C17H20ClN3O2/c1-20-9-15(8-19-20)13-6-7-21(10-13)17(22)12-23-11-14-4-2-3-5-16(14)18/h2-5,8-9,13H,6-7,10-12H2,1H3. The molecule has 1 aromatic carbocycles. The zero-order valence-electron chi connectivity index (χ0n) is 13.1. The number of hydrogen-bond donors (Lipinski definition) is 0. The van der Waals surface area contributed by atoms with Crippen molar-refractivity contribution in [2.45, 2.75) is 18.9 Å². The number of carbonyl (C=O) groups is 1. The first-order chi connectivity index (χ1) is 11.1. The Morgan fingerprint density at radius 2 is 2.26 bits per heavy atom. The number of ether oxygens (including phenoxy) is 1. The van der Waals surface area contributed by atoms with Gasteiger partial charge in [-0.25, -0.2) is 0 Å². The Bertz CT molecular complexity index is 686. The van der Waals surface area contributed by atoms with Crippen molar-refractivity contribution >= 4 is 17.5 Å². The summed E-state index contributed by atoms with van der Waals surface area (Å²) in [5.74, 6) is 0.402. The summed E-state index contributed by atoms with van der Waals surface area (Å²) in [5.41, 5.74) is 2.09. The summed E-state index contributed by atoms with van der Waals surface area (Å²) in [6.45, 7) is 1.95. The Balaban J connectivity index is 1.47. The normalized spacial score (nSPS) is 17.7. The number of aryl methyl sites for hydroxylation is 1. The largest absolute Gasteiger partial charge is 0.367 e. The fraction of sp³-hybridized carbons (Fsp3) is 0.412. The number of aromatic nitrogens is 2. The van der Waals surface area contributed by atoms with Gasteiger partial charge in [-0.3, -0.25) is 9.48 Å². The zero-order valence-corrected chi connectivity index (χ0v) is 13.9. The second-order valence-corrected chi connectivity index (χ2v) is 6.26. The molecule has 23 heavy (non-hydrogen) atoms. The molecule has 122 valence electrons. The lowest BCUT2D eigenvalue weighted by atomic mass is 10.0. The molecule has 3 rings (SSSR count). The van der Waals surface area contributed by atoms with Crippen molar-refractivity contribution < 1.29 is 9.53 Å². The van der Waals surface area contributed by atoms with E-state index in [1.165, 1.54) is 5.56 Å². The fourth-order valence-corrected chi connectivity index (χ4v) is 3.06. The molecule has 0 N–H and O–H groups in total. The average Bonchev–Trinajstić information content (AvgIpc) is 3.18. The molecule has 0 radical (unpaired) electrons. The van der Waals surface area contributed by atoms with Crippen LogP contribution in [0.2, 0.25) is 5.02 Å². The highest BCUT2D eigenvalue weighted by atomic mass is 35.5. The topological polar surface area (TPSA) is 47.4 Å². The molecule has 1 aliphatic rings. The van der Waals surface area contributed by atoms with E-state index in [-0.39, 0.29) is 12.5 Å². The van der Waals surface area contributed by atoms with Gasteiger partial charge in [0.15, 0.2) is 0 Å². The van der Waals surface area contributed by atoms with Crippen LogP contribution >= 0.6 is 11.6 Å². The highest BCUT2D eigenvalue weighted by molar-refractivity contribution is 6.31. The Hall–Kier alpha value is -1.85. The molecule has 0 spiro atoms. The van der Waals surface area contributed by atoms with Crippen LogP contribution in [0.1, 0.15) is 23.5 Å². The molecule has 1 unspecified atom stereocenters. The first kappa shape index (κ1) is 16.0. The third-order valence-corrected chi connectivity index (χ3v) is 4.55. The molecular formula is C17H20ClN3O2. The summed E-state index contributed by atoms with van der Waals surface area (Å²) in [4.78, 5) is 14.1. The summed E-state index contributed by atoms with van der Waals surface area (Å²) in [7, 11) is 1.91. The van der Waals surface area contributed by atoms with Crippen LogP contribution in [0, 0.1) is 0 Å². The molecule has 1 amide bonds. The molecule has 0 aliphatic carbocycles. The van der Waals surface area contributed by atoms with Gasteiger partial charge in [0, 0.05) is 37.3 Å². The minimum Gasteiger partial charge on any atom is -0.367 e. The van der Waals surface area contributed by atoms with Crippen LogP contribution in [0.4, 0.5) is 0 Å². The Morgan fingerprint density at radius 3 is 3.00 bits per heavy atom. The van der Waals surface area contributed by atoms with Crippen LogP contribution < -0.4 is 0 Å². The molecule has 2 aromatic rings. The van der Waals surface area contributed by atoms with Crippen molar-refractivity contribution in [3.8, 4) is 0 Å². The molecule has 1 saturated heterocycles. The second-order valence-electron chi connectivity index (χ2n) is 5.86. The molecule has 1 aliphatic heterocycles. The lowest BCUT2D eigenvalue weighted by molar-refractivity contribution is -0.135. The van der Waals surface area contributed by atoms with Crippen molar-refractivity contribution in [2.24, 2.45) is 7.05 Å². The van der Waals surface area contributed by atoms with Crippen LogP contribution in [0.5, 0.6) is 0 Å². The van der Waals surface area contributed by atoms with Crippen molar-refractivity contribution in [1.82, 2.24) is 14.7 Å². The lowest BCUT2D eigenvalue weighted by Gasteiger charge is -2.16. The maximum Gasteiger partial charge on any atom is 0.248 e. The van der Waals surface area contributed by atoms with Gasteiger partial charge in [-0.1, -0.05) is 29.8 Å². The zero-order chi connectivity index (χ0) is 16.2. The molecule has 2 heterocycles. The van der Waals surface area contributed by atoms with Gasteiger partial charge in [0.2, 0.25) is 5.91 Å².